The molecule has 2 N–H and O–H groups in total. The lowest BCUT2D eigenvalue weighted by Crippen LogP contribution is -2.11. The van der Waals surface area contributed by atoms with Gasteiger partial charge < -0.3 is 10.3 Å². The maximum Gasteiger partial charge on any atom is 0.249 e. The van der Waals surface area contributed by atoms with E-state index >= 15 is 0 Å². The van der Waals surface area contributed by atoms with Crippen LogP contribution in [0.15, 0.2) is 78.9 Å². The van der Waals surface area contributed by atoms with Crippen LogP contribution >= 0.6 is 0 Å². The highest BCUT2D eigenvalue weighted by Gasteiger charge is 2.18. The molecule has 5 aromatic rings. The van der Waals surface area contributed by atoms with Crippen LogP contribution in [0.25, 0.3) is 32.9 Å². The first-order valence-electron chi connectivity index (χ1n) is 10.4. The Bertz CT molecular complexity index is 1440. The Balaban J connectivity index is 1.83. The summed E-state index contributed by atoms with van der Waals surface area (Å²) in [6, 6.07) is 30.1. The smallest absolute Gasteiger partial charge is 0.249 e. The molecule has 1 amide bonds. The van der Waals surface area contributed by atoms with Gasteiger partial charge in [0.25, 0.3) is 0 Å². The van der Waals surface area contributed by atoms with E-state index in [2.05, 4.69) is 66.9 Å². The highest BCUT2D eigenvalue weighted by atomic mass is 16.1. The second-order valence-electron chi connectivity index (χ2n) is 8.02. The maximum atomic E-state index is 12.2. The van der Waals surface area contributed by atoms with Crippen molar-refractivity contribution < 1.29 is 4.79 Å². The van der Waals surface area contributed by atoms with Crippen LogP contribution in [0.4, 0.5) is 0 Å². The van der Waals surface area contributed by atoms with Gasteiger partial charge in [-0.3, -0.25) is 4.79 Å². The van der Waals surface area contributed by atoms with Gasteiger partial charge in [-0.05, 0) is 72.0 Å². The van der Waals surface area contributed by atoms with Gasteiger partial charge in [-0.15, -0.1) is 0 Å². The van der Waals surface area contributed by atoms with E-state index < -0.39 is 5.91 Å². The molecule has 3 heteroatoms. The Kier molecular flexibility index (Phi) is 4.59. The van der Waals surface area contributed by atoms with Crippen LogP contribution in [0.2, 0.25) is 0 Å². The molecule has 1 radical (unpaired) electrons. The van der Waals surface area contributed by atoms with Gasteiger partial charge in [0.15, 0.2) is 0 Å². The number of benzene rings is 4. The minimum absolute atomic E-state index is 0.420. The zero-order valence-electron chi connectivity index (χ0n) is 17.6. The zero-order chi connectivity index (χ0) is 21.5. The van der Waals surface area contributed by atoms with E-state index in [-0.39, 0.29) is 0 Å². The van der Waals surface area contributed by atoms with Gasteiger partial charge in [-0.25, -0.2) is 0 Å². The fourth-order valence-electron chi connectivity index (χ4n) is 4.38. The summed E-state index contributed by atoms with van der Waals surface area (Å²) in [5.74, 6) is -0.420. The molecule has 3 nitrogen and oxygen atoms in total. The standard InChI is InChI=1S/C28H23N2O/c1-18-8-6-11-22(19(18)2)17-30-25-13-7-12-24(28(29)31)27(25)23-15-14-21(16-26(23)30)20-9-4-3-5-10-20/h3-14,16H,17H2,1-2H3,(H2,29,31). The minimum Gasteiger partial charge on any atom is -0.366 e. The molecule has 5 rings (SSSR count). The molecule has 31 heavy (non-hydrogen) atoms. The predicted molar refractivity (Wildman–Crippen MR) is 127 cm³/mol. The molecular weight excluding hydrogens is 380 g/mol. The third-order valence-electron chi connectivity index (χ3n) is 6.21. The second-order valence-corrected chi connectivity index (χ2v) is 8.02. The number of amides is 1. The number of aryl methyl sites for hydroxylation is 1. The van der Waals surface area contributed by atoms with E-state index in [1.807, 2.05) is 30.3 Å². The fraction of sp³-hybridized carbons (Fsp3) is 0.107. The molecule has 0 fully saturated rings. The molecule has 4 aromatic carbocycles. The Morgan fingerprint density at radius 3 is 2.45 bits per heavy atom. The molecule has 0 bridgehead atoms. The number of nitrogens with zero attached hydrogens (tertiary/aromatic N) is 1. The third kappa shape index (κ3) is 3.19. The normalized spacial score (nSPS) is 11.3. The molecule has 0 spiro atoms. The second kappa shape index (κ2) is 7.44. The van der Waals surface area contributed by atoms with Crippen molar-refractivity contribution in [3.8, 4) is 11.1 Å². The van der Waals surface area contributed by atoms with Gasteiger partial charge in [-0.2, -0.15) is 0 Å². The topological polar surface area (TPSA) is 48.0 Å². The quantitative estimate of drug-likeness (QED) is 0.391. The van der Waals surface area contributed by atoms with Crippen molar-refractivity contribution in [1.82, 2.24) is 4.57 Å². The van der Waals surface area contributed by atoms with Gasteiger partial charge in [0.2, 0.25) is 5.91 Å². The Hall–Kier alpha value is -3.85. The number of hydrogen-bond acceptors (Lipinski definition) is 1. The first-order chi connectivity index (χ1) is 15.0. The van der Waals surface area contributed by atoms with Gasteiger partial charge in [0.05, 0.1) is 11.0 Å². The van der Waals surface area contributed by atoms with Crippen LogP contribution < -0.4 is 5.73 Å². The van der Waals surface area contributed by atoms with E-state index in [1.165, 1.54) is 16.7 Å². The lowest BCUT2D eigenvalue weighted by atomic mass is 10.0. The van der Waals surface area contributed by atoms with Crippen molar-refractivity contribution in [2.45, 2.75) is 20.4 Å². The summed E-state index contributed by atoms with van der Waals surface area (Å²) in [6.45, 7) is 5.01. The first-order valence-corrected chi connectivity index (χ1v) is 10.4. The lowest BCUT2D eigenvalue weighted by Gasteiger charge is -2.13. The van der Waals surface area contributed by atoms with Crippen molar-refractivity contribution in [3.05, 3.63) is 107 Å². The largest absolute Gasteiger partial charge is 0.366 e. The van der Waals surface area contributed by atoms with E-state index in [4.69, 9.17) is 5.73 Å². The Labute approximate surface area is 181 Å². The molecule has 0 saturated carbocycles. The van der Waals surface area contributed by atoms with Crippen LogP contribution in [0.5, 0.6) is 0 Å². The molecule has 1 heterocycles. The van der Waals surface area contributed by atoms with Crippen molar-refractivity contribution >= 4 is 27.7 Å². The monoisotopic (exact) mass is 403 g/mol. The average molecular weight is 404 g/mol. The van der Waals surface area contributed by atoms with E-state index in [1.54, 1.807) is 6.07 Å². The van der Waals surface area contributed by atoms with E-state index in [0.717, 1.165) is 32.9 Å². The van der Waals surface area contributed by atoms with Crippen LogP contribution in [0.3, 0.4) is 0 Å². The number of carbonyl (C=O) groups is 1. The number of rotatable bonds is 4. The van der Waals surface area contributed by atoms with Crippen molar-refractivity contribution in [3.63, 3.8) is 0 Å². The summed E-state index contributed by atoms with van der Waals surface area (Å²) < 4.78 is 2.28. The molecule has 0 aliphatic heterocycles. The van der Waals surface area contributed by atoms with E-state index in [0.29, 0.717) is 12.1 Å². The molecule has 0 aliphatic carbocycles. The summed E-state index contributed by atoms with van der Waals surface area (Å²) in [5.41, 5.74) is 14.4. The fourth-order valence-corrected chi connectivity index (χ4v) is 4.38. The number of aromatic nitrogens is 1. The van der Waals surface area contributed by atoms with Crippen LogP contribution in [0, 0.1) is 19.9 Å². The number of hydrogen-bond donors (Lipinski definition) is 1. The summed E-state index contributed by atoms with van der Waals surface area (Å²) in [5, 5.41) is 1.80. The summed E-state index contributed by atoms with van der Waals surface area (Å²) in [4.78, 5) is 12.2. The lowest BCUT2D eigenvalue weighted by molar-refractivity contribution is 0.100. The van der Waals surface area contributed by atoms with Crippen LogP contribution in [-0.2, 0) is 6.54 Å². The van der Waals surface area contributed by atoms with Gasteiger partial charge in [-0.1, -0.05) is 54.6 Å². The number of carbonyl (C=O) groups excluding carboxylic acids is 1. The zero-order valence-corrected chi connectivity index (χ0v) is 17.6. The Morgan fingerprint density at radius 2 is 1.68 bits per heavy atom. The molecule has 0 saturated heterocycles. The summed E-state index contributed by atoms with van der Waals surface area (Å²) in [7, 11) is 0. The van der Waals surface area contributed by atoms with Crippen LogP contribution in [-0.4, -0.2) is 10.5 Å². The molecule has 0 atom stereocenters. The number of nitrogens with two attached hydrogens (primary N) is 1. The maximum absolute atomic E-state index is 12.2. The first kappa shape index (κ1) is 19.1. The van der Waals surface area contributed by atoms with Crippen molar-refractivity contribution in [2.75, 3.05) is 0 Å². The molecular formula is C28H23N2O. The average Bonchev–Trinajstić information content (AvgIpc) is 3.10. The van der Waals surface area contributed by atoms with Gasteiger partial charge >= 0.3 is 0 Å². The minimum atomic E-state index is -0.420. The molecule has 0 aliphatic rings. The van der Waals surface area contributed by atoms with Crippen molar-refractivity contribution in [2.24, 2.45) is 5.73 Å². The van der Waals surface area contributed by atoms with Gasteiger partial charge in [0, 0.05) is 22.9 Å². The highest BCUT2D eigenvalue weighted by molar-refractivity contribution is 6.18. The highest BCUT2D eigenvalue weighted by Crippen LogP contribution is 2.35. The summed E-state index contributed by atoms with van der Waals surface area (Å²) >= 11 is 0. The van der Waals surface area contributed by atoms with Crippen LogP contribution in [0.1, 0.15) is 27.0 Å². The third-order valence-corrected chi connectivity index (χ3v) is 6.21. The Morgan fingerprint density at radius 1 is 0.903 bits per heavy atom. The molecule has 1 aromatic heterocycles. The number of primary amides is 1. The van der Waals surface area contributed by atoms with E-state index in [9.17, 15) is 4.79 Å². The predicted octanol–water partition coefficient (Wildman–Crippen LogP) is 6.03. The SMILES string of the molecule is Cc1cccc(Cn2c3cc(-c4ccccc4)c[c]c3c3c(C(N)=O)cccc32)c1C. The molecule has 151 valence electrons. The molecule has 0 unspecified atom stereocenters. The van der Waals surface area contributed by atoms with Gasteiger partial charge in [0.1, 0.15) is 0 Å². The number of fused-ring (bicyclic) bond motifs is 3. The summed E-state index contributed by atoms with van der Waals surface area (Å²) in [6.07, 6.45) is 0. The van der Waals surface area contributed by atoms with Crippen molar-refractivity contribution in [1.29, 1.82) is 0 Å².